The molecule has 2 heterocycles. The zero-order valence-corrected chi connectivity index (χ0v) is 15.1. The Bertz CT molecular complexity index is 963. The maximum atomic E-state index is 12.1. The average Bonchev–Trinajstić information content (AvgIpc) is 3.25. The van der Waals surface area contributed by atoms with Gasteiger partial charge in [0.25, 0.3) is 0 Å². The summed E-state index contributed by atoms with van der Waals surface area (Å²) in [5, 5.41) is 3.31. The van der Waals surface area contributed by atoms with Gasteiger partial charge in [0, 0.05) is 17.4 Å². The van der Waals surface area contributed by atoms with Gasteiger partial charge in [0.2, 0.25) is 0 Å². The smallest absolute Gasteiger partial charge is 0.411 e. The number of aryl methyl sites for hydroxylation is 1. The molecule has 1 aromatic carbocycles. The number of rotatable bonds is 3. The Balaban J connectivity index is 1.57. The Hall–Kier alpha value is -2.60. The van der Waals surface area contributed by atoms with Crippen molar-refractivity contribution in [1.82, 2.24) is 15.0 Å². The lowest BCUT2D eigenvalue weighted by Crippen LogP contribution is -2.20. The Morgan fingerprint density at radius 2 is 2.12 bits per heavy atom. The molecule has 7 heteroatoms. The van der Waals surface area contributed by atoms with Gasteiger partial charge in [0.1, 0.15) is 11.9 Å². The molecule has 4 rings (SSSR count). The van der Waals surface area contributed by atoms with Crippen LogP contribution in [0.2, 0.25) is 5.02 Å². The van der Waals surface area contributed by atoms with Gasteiger partial charge >= 0.3 is 6.09 Å². The summed E-state index contributed by atoms with van der Waals surface area (Å²) in [6, 6.07) is 7.23. The number of aromatic nitrogens is 3. The molecule has 3 aromatic rings. The first-order valence-corrected chi connectivity index (χ1v) is 9.06. The third-order valence-corrected chi connectivity index (χ3v) is 4.85. The van der Waals surface area contributed by atoms with Gasteiger partial charge < -0.3 is 9.72 Å². The molecular formula is C19H19ClN4O2. The fraction of sp³-hybridized carbons (Fsp3) is 0.316. The van der Waals surface area contributed by atoms with Gasteiger partial charge in [-0.25, -0.2) is 14.8 Å². The number of nitrogens with one attached hydrogen (secondary N) is 2. The van der Waals surface area contributed by atoms with Crippen molar-refractivity contribution in [2.24, 2.45) is 0 Å². The summed E-state index contributed by atoms with van der Waals surface area (Å²) in [4.78, 5) is 24.1. The number of amides is 1. The molecule has 134 valence electrons. The van der Waals surface area contributed by atoms with Crippen molar-refractivity contribution in [1.29, 1.82) is 0 Å². The molecule has 6 nitrogen and oxygen atoms in total. The highest BCUT2D eigenvalue weighted by atomic mass is 35.5. The maximum Gasteiger partial charge on any atom is 0.411 e. The Morgan fingerprint density at radius 3 is 2.92 bits per heavy atom. The van der Waals surface area contributed by atoms with Crippen LogP contribution in [0, 0.1) is 6.92 Å². The SMILES string of the molecule is Cc1cnc2nc(-c3cc(NC(=O)OC4CCCC4)ccc3Cl)[nH]c2c1. The molecule has 2 N–H and O–H groups in total. The van der Waals surface area contributed by atoms with Crippen molar-refractivity contribution < 1.29 is 9.53 Å². The number of fused-ring (bicyclic) bond motifs is 1. The van der Waals surface area contributed by atoms with E-state index >= 15 is 0 Å². The highest BCUT2D eigenvalue weighted by molar-refractivity contribution is 6.33. The standard InChI is InChI=1S/C19H19ClN4O2/c1-11-8-16-18(21-10-11)24-17(23-16)14-9-12(6-7-15(14)20)22-19(25)26-13-4-2-3-5-13/h6-10,13H,2-5H2,1H3,(H,22,25)(H,21,23,24). The number of H-pyrrole nitrogens is 1. The van der Waals surface area contributed by atoms with E-state index in [0.717, 1.165) is 36.8 Å². The molecule has 0 atom stereocenters. The molecule has 0 radical (unpaired) electrons. The van der Waals surface area contributed by atoms with Gasteiger partial charge in [-0.15, -0.1) is 0 Å². The van der Waals surface area contributed by atoms with E-state index in [1.807, 2.05) is 13.0 Å². The molecule has 1 amide bonds. The number of aromatic amines is 1. The zero-order valence-electron chi connectivity index (χ0n) is 14.4. The molecule has 0 bridgehead atoms. The minimum atomic E-state index is -0.438. The molecule has 0 aliphatic heterocycles. The normalized spacial score (nSPS) is 14.7. The third kappa shape index (κ3) is 3.51. The van der Waals surface area contributed by atoms with Crippen molar-refractivity contribution in [3.05, 3.63) is 41.0 Å². The predicted octanol–water partition coefficient (Wildman–Crippen LogP) is 5.08. The molecule has 1 saturated carbocycles. The van der Waals surface area contributed by atoms with Crippen molar-refractivity contribution in [2.45, 2.75) is 38.7 Å². The van der Waals surface area contributed by atoms with Crippen LogP contribution in [0.1, 0.15) is 31.2 Å². The Labute approximate surface area is 155 Å². The summed E-state index contributed by atoms with van der Waals surface area (Å²) >= 11 is 6.34. The van der Waals surface area contributed by atoms with Crippen LogP contribution in [-0.4, -0.2) is 27.1 Å². The van der Waals surface area contributed by atoms with Gasteiger partial charge in [-0.05, 0) is 62.4 Å². The van der Waals surface area contributed by atoms with E-state index in [1.54, 1.807) is 24.4 Å². The number of nitrogens with zero attached hydrogens (tertiary/aromatic N) is 2. The fourth-order valence-corrected chi connectivity index (χ4v) is 3.43. The molecule has 1 aliphatic rings. The van der Waals surface area contributed by atoms with E-state index < -0.39 is 6.09 Å². The van der Waals surface area contributed by atoms with Crippen LogP contribution >= 0.6 is 11.6 Å². The van der Waals surface area contributed by atoms with E-state index in [-0.39, 0.29) is 6.10 Å². The topological polar surface area (TPSA) is 79.9 Å². The van der Waals surface area contributed by atoms with Crippen LogP contribution in [0.4, 0.5) is 10.5 Å². The number of pyridine rings is 1. The minimum absolute atomic E-state index is 0.0199. The molecule has 26 heavy (non-hydrogen) atoms. The van der Waals surface area contributed by atoms with Crippen molar-refractivity contribution in [3.63, 3.8) is 0 Å². The summed E-state index contributed by atoms with van der Waals surface area (Å²) < 4.78 is 5.44. The van der Waals surface area contributed by atoms with Crippen LogP contribution in [-0.2, 0) is 4.74 Å². The zero-order chi connectivity index (χ0) is 18.1. The highest BCUT2D eigenvalue weighted by Crippen LogP contribution is 2.30. The number of anilines is 1. The van der Waals surface area contributed by atoms with Gasteiger partial charge in [-0.1, -0.05) is 11.6 Å². The lowest BCUT2D eigenvalue weighted by molar-refractivity contribution is 0.114. The molecule has 0 spiro atoms. The first-order valence-electron chi connectivity index (χ1n) is 8.68. The summed E-state index contributed by atoms with van der Waals surface area (Å²) in [6.45, 7) is 1.97. The number of benzene rings is 1. The molecule has 1 aliphatic carbocycles. The summed E-state index contributed by atoms with van der Waals surface area (Å²) in [6.07, 6.45) is 5.45. The fourth-order valence-electron chi connectivity index (χ4n) is 3.22. The van der Waals surface area contributed by atoms with Gasteiger partial charge in [-0.2, -0.15) is 0 Å². The van der Waals surface area contributed by atoms with Gasteiger partial charge in [-0.3, -0.25) is 5.32 Å². The van der Waals surface area contributed by atoms with Gasteiger partial charge in [0.15, 0.2) is 5.65 Å². The Kier molecular flexibility index (Phi) is 4.51. The van der Waals surface area contributed by atoms with E-state index in [0.29, 0.717) is 27.7 Å². The maximum absolute atomic E-state index is 12.1. The minimum Gasteiger partial charge on any atom is -0.446 e. The summed E-state index contributed by atoms with van der Waals surface area (Å²) in [5.41, 5.74) is 3.82. The third-order valence-electron chi connectivity index (χ3n) is 4.52. The summed E-state index contributed by atoms with van der Waals surface area (Å²) in [7, 11) is 0. The molecule has 0 saturated heterocycles. The number of hydrogen-bond donors (Lipinski definition) is 2. The van der Waals surface area contributed by atoms with Crippen molar-refractivity contribution in [3.8, 4) is 11.4 Å². The van der Waals surface area contributed by atoms with Crippen LogP contribution in [0.15, 0.2) is 30.5 Å². The quantitative estimate of drug-likeness (QED) is 0.673. The number of hydrogen-bond acceptors (Lipinski definition) is 4. The van der Waals surface area contributed by atoms with Crippen LogP contribution in [0.5, 0.6) is 0 Å². The van der Waals surface area contributed by atoms with E-state index in [2.05, 4.69) is 20.3 Å². The van der Waals surface area contributed by atoms with E-state index in [9.17, 15) is 4.79 Å². The van der Waals surface area contributed by atoms with E-state index in [4.69, 9.17) is 16.3 Å². The molecule has 0 unspecified atom stereocenters. The first kappa shape index (κ1) is 16.8. The lowest BCUT2D eigenvalue weighted by atomic mass is 10.2. The van der Waals surface area contributed by atoms with Crippen LogP contribution < -0.4 is 5.32 Å². The average molecular weight is 371 g/mol. The number of imidazole rings is 1. The van der Waals surface area contributed by atoms with E-state index in [1.165, 1.54) is 0 Å². The van der Waals surface area contributed by atoms with Gasteiger partial charge in [0.05, 0.1) is 10.5 Å². The predicted molar refractivity (Wildman–Crippen MR) is 101 cm³/mol. The molecular weight excluding hydrogens is 352 g/mol. The second-order valence-corrected chi connectivity index (χ2v) is 7.01. The van der Waals surface area contributed by atoms with Crippen LogP contribution in [0.3, 0.4) is 0 Å². The Morgan fingerprint density at radius 1 is 1.31 bits per heavy atom. The number of halogens is 1. The van der Waals surface area contributed by atoms with Crippen molar-refractivity contribution in [2.75, 3.05) is 5.32 Å². The molecule has 1 fully saturated rings. The first-order chi connectivity index (χ1) is 12.6. The monoisotopic (exact) mass is 370 g/mol. The van der Waals surface area contributed by atoms with Crippen LogP contribution in [0.25, 0.3) is 22.6 Å². The summed E-state index contributed by atoms with van der Waals surface area (Å²) in [5.74, 6) is 0.607. The highest BCUT2D eigenvalue weighted by Gasteiger charge is 2.19. The largest absolute Gasteiger partial charge is 0.446 e. The lowest BCUT2D eigenvalue weighted by Gasteiger charge is -2.13. The number of ether oxygens (including phenoxy) is 1. The second kappa shape index (κ2) is 6.96. The molecule has 2 aromatic heterocycles. The second-order valence-electron chi connectivity index (χ2n) is 6.60. The number of carbonyl (C=O) groups is 1. The van der Waals surface area contributed by atoms with Crippen molar-refractivity contribution >= 4 is 34.5 Å². The number of carbonyl (C=O) groups excluding carboxylic acids is 1.